The Kier molecular flexibility index (Phi) is 4.30. The van der Waals surface area contributed by atoms with E-state index in [1.807, 2.05) is 19.1 Å². The summed E-state index contributed by atoms with van der Waals surface area (Å²) in [5.41, 5.74) is 0.964. The number of likely N-dealkylation sites (tertiary alicyclic amines) is 1. The fourth-order valence-electron chi connectivity index (χ4n) is 2.63. The lowest BCUT2D eigenvalue weighted by Gasteiger charge is -2.23. The fourth-order valence-corrected chi connectivity index (χ4v) is 2.63. The second kappa shape index (κ2) is 6.38. The van der Waals surface area contributed by atoms with Crippen LogP contribution in [-0.2, 0) is 11.3 Å². The number of ether oxygens (including phenoxy) is 1. The number of hydrogen-bond donors (Lipinski definition) is 1. The van der Waals surface area contributed by atoms with Crippen LogP contribution in [0, 0.1) is 5.82 Å². The summed E-state index contributed by atoms with van der Waals surface area (Å²) in [6.45, 7) is 2.31. The number of carbonyl (C=O) groups is 1. The summed E-state index contributed by atoms with van der Waals surface area (Å²) < 4.78 is 18.5. The first-order valence-corrected chi connectivity index (χ1v) is 7.53. The number of amides is 1. The highest BCUT2D eigenvalue weighted by atomic mass is 19.1. The van der Waals surface area contributed by atoms with Gasteiger partial charge in [-0.1, -0.05) is 12.1 Å². The van der Waals surface area contributed by atoms with E-state index in [1.165, 1.54) is 12.1 Å². The molecule has 1 heterocycles. The third-order valence-corrected chi connectivity index (χ3v) is 4.08. The minimum absolute atomic E-state index is 0.0309. The van der Waals surface area contributed by atoms with Crippen molar-refractivity contribution in [3.8, 4) is 11.5 Å². The first-order chi connectivity index (χ1) is 11.0. The predicted octanol–water partition coefficient (Wildman–Crippen LogP) is 3.10. The smallest absolute Gasteiger partial charge is 0.225 e. The maximum absolute atomic E-state index is 12.9. The van der Waals surface area contributed by atoms with E-state index in [0.29, 0.717) is 18.0 Å². The zero-order chi connectivity index (χ0) is 16.4. The molecular formula is C18H18FNO3. The zero-order valence-electron chi connectivity index (χ0n) is 12.8. The van der Waals surface area contributed by atoms with E-state index in [4.69, 9.17) is 4.74 Å². The highest BCUT2D eigenvalue weighted by Crippen LogP contribution is 2.25. The van der Waals surface area contributed by atoms with Gasteiger partial charge >= 0.3 is 0 Å². The Bertz CT molecular complexity index is 684. The van der Waals surface area contributed by atoms with Crippen LogP contribution in [0.4, 0.5) is 4.39 Å². The molecule has 0 radical (unpaired) electrons. The monoisotopic (exact) mass is 315 g/mol. The summed E-state index contributed by atoms with van der Waals surface area (Å²) in [7, 11) is 0. The number of rotatable bonds is 4. The van der Waals surface area contributed by atoms with Gasteiger partial charge in [0, 0.05) is 6.54 Å². The highest BCUT2D eigenvalue weighted by Gasteiger charge is 2.35. The lowest BCUT2D eigenvalue weighted by molar-refractivity contribution is -0.129. The van der Waals surface area contributed by atoms with E-state index in [9.17, 15) is 14.3 Å². The number of nitrogens with zero attached hydrogens (tertiary/aromatic N) is 1. The van der Waals surface area contributed by atoms with Gasteiger partial charge in [0.1, 0.15) is 17.3 Å². The minimum Gasteiger partial charge on any atom is -0.457 e. The molecule has 23 heavy (non-hydrogen) atoms. The number of halogens is 1. The molecule has 5 heteroatoms. The first kappa shape index (κ1) is 15.5. The van der Waals surface area contributed by atoms with Crippen molar-refractivity contribution in [2.24, 2.45) is 0 Å². The van der Waals surface area contributed by atoms with E-state index in [-0.39, 0.29) is 24.2 Å². The second-order valence-electron chi connectivity index (χ2n) is 5.73. The Morgan fingerprint density at radius 3 is 2.22 bits per heavy atom. The molecule has 0 spiro atoms. The molecule has 0 aliphatic carbocycles. The highest BCUT2D eigenvalue weighted by molar-refractivity contribution is 5.79. The maximum Gasteiger partial charge on any atom is 0.225 e. The lowest BCUT2D eigenvalue weighted by Crippen LogP contribution is -2.33. The molecule has 1 saturated heterocycles. The Morgan fingerprint density at radius 2 is 1.70 bits per heavy atom. The van der Waals surface area contributed by atoms with Crippen LogP contribution in [0.3, 0.4) is 0 Å². The van der Waals surface area contributed by atoms with Crippen LogP contribution in [0.15, 0.2) is 48.5 Å². The van der Waals surface area contributed by atoms with Gasteiger partial charge in [0.2, 0.25) is 5.91 Å². The zero-order valence-corrected chi connectivity index (χ0v) is 12.8. The normalized spacial score (nSPS) is 20.8. The largest absolute Gasteiger partial charge is 0.457 e. The van der Waals surface area contributed by atoms with Gasteiger partial charge in [0.25, 0.3) is 0 Å². The predicted molar refractivity (Wildman–Crippen MR) is 83.6 cm³/mol. The number of hydrogen-bond acceptors (Lipinski definition) is 3. The van der Waals surface area contributed by atoms with Crippen LogP contribution < -0.4 is 4.74 Å². The van der Waals surface area contributed by atoms with Crippen molar-refractivity contribution >= 4 is 5.91 Å². The van der Waals surface area contributed by atoms with E-state index < -0.39 is 6.10 Å². The molecule has 4 nitrogen and oxygen atoms in total. The Morgan fingerprint density at radius 1 is 1.13 bits per heavy atom. The van der Waals surface area contributed by atoms with E-state index >= 15 is 0 Å². The molecule has 1 aliphatic heterocycles. The molecule has 0 unspecified atom stereocenters. The van der Waals surface area contributed by atoms with Crippen LogP contribution in [0.1, 0.15) is 18.9 Å². The third-order valence-electron chi connectivity index (χ3n) is 4.08. The van der Waals surface area contributed by atoms with Crippen LogP contribution >= 0.6 is 0 Å². The number of aliphatic hydroxyl groups is 1. The quantitative estimate of drug-likeness (QED) is 0.943. The number of aliphatic hydroxyl groups excluding tert-OH is 1. The SMILES string of the molecule is C[C@H]1[C@@H](O)CC(=O)N1Cc1ccc(Oc2ccc(F)cc2)cc1. The molecule has 120 valence electrons. The van der Waals surface area contributed by atoms with Gasteiger partial charge in [-0.2, -0.15) is 0 Å². The van der Waals surface area contributed by atoms with Gasteiger partial charge in [-0.25, -0.2) is 4.39 Å². The molecule has 2 atom stereocenters. The van der Waals surface area contributed by atoms with Gasteiger partial charge in [-0.05, 0) is 48.9 Å². The fraction of sp³-hybridized carbons (Fsp3) is 0.278. The molecule has 2 aromatic carbocycles. The van der Waals surface area contributed by atoms with Crippen molar-refractivity contribution in [2.45, 2.75) is 32.0 Å². The van der Waals surface area contributed by atoms with Gasteiger partial charge in [0.15, 0.2) is 0 Å². The van der Waals surface area contributed by atoms with Crippen LogP contribution in [-0.4, -0.2) is 28.1 Å². The standard InChI is InChI=1S/C18H18FNO3/c1-12-17(21)10-18(22)20(12)11-13-2-6-15(7-3-13)23-16-8-4-14(19)5-9-16/h2-9,12,17,21H,10-11H2,1H3/t12-,17-/m0/s1. The molecule has 1 aliphatic rings. The number of benzene rings is 2. The molecule has 3 rings (SSSR count). The summed E-state index contributed by atoms with van der Waals surface area (Å²) >= 11 is 0. The Hall–Kier alpha value is -2.40. The second-order valence-corrected chi connectivity index (χ2v) is 5.73. The van der Waals surface area contributed by atoms with E-state index in [2.05, 4.69) is 0 Å². The van der Waals surface area contributed by atoms with Crippen molar-refractivity contribution in [3.63, 3.8) is 0 Å². The van der Waals surface area contributed by atoms with Gasteiger partial charge in [0.05, 0.1) is 18.6 Å². The van der Waals surface area contributed by atoms with Gasteiger partial charge < -0.3 is 14.7 Å². The first-order valence-electron chi connectivity index (χ1n) is 7.53. The Balaban J connectivity index is 1.65. The van der Waals surface area contributed by atoms with Crippen LogP contribution in [0.25, 0.3) is 0 Å². The molecule has 1 N–H and O–H groups in total. The average Bonchev–Trinajstić information content (AvgIpc) is 2.78. The van der Waals surface area contributed by atoms with Gasteiger partial charge in [-0.15, -0.1) is 0 Å². The molecule has 0 saturated carbocycles. The average molecular weight is 315 g/mol. The van der Waals surface area contributed by atoms with Crippen molar-refractivity contribution in [3.05, 3.63) is 59.9 Å². The summed E-state index contributed by atoms with van der Waals surface area (Å²) in [5.74, 6) is 0.864. The lowest BCUT2D eigenvalue weighted by atomic mass is 10.1. The molecule has 0 bridgehead atoms. The maximum atomic E-state index is 12.9. The molecule has 2 aromatic rings. The molecular weight excluding hydrogens is 297 g/mol. The topological polar surface area (TPSA) is 49.8 Å². The molecule has 1 amide bonds. The van der Waals surface area contributed by atoms with Crippen molar-refractivity contribution < 1.29 is 19.0 Å². The van der Waals surface area contributed by atoms with Crippen molar-refractivity contribution in [2.75, 3.05) is 0 Å². The summed E-state index contributed by atoms with van der Waals surface area (Å²) in [4.78, 5) is 13.5. The Labute approximate surface area is 134 Å². The van der Waals surface area contributed by atoms with Gasteiger partial charge in [-0.3, -0.25) is 4.79 Å². The molecule has 0 aromatic heterocycles. The molecule has 1 fully saturated rings. The van der Waals surface area contributed by atoms with Crippen molar-refractivity contribution in [1.82, 2.24) is 4.90 Å². The van der Waals surface area contributed by atoms with Crippen LogP contribution in [0.5, 0.6) is 11.5 Å². The van der Waals surface area contributed by atoms with Crippen LogP contribution in [0.2, 0.25) is 0 Å². The summed E-state index contributed by atoms with van der Waals surface area (Å²) in [6, 6.07) is 13.0. The van der Waals surface area contributed by atoms with Crippen molar-refractivity contribution in [1.29, 1.82) is 0 Å². The van der Waals surface area contributed by atoms with E-state index in [1.54, 1.807) is 29.2 Å². The number of carbonyl (C=O) groups excluding carboxylic acids is 1. The third kappa shape index (κ3) is 3.51. The minimum atomic E-state index is -0.594. The summed E-state index contributed by atoms with van der Waals surface area (Å²) in [6.07, 6.45) is -0.406. The summed E-state index contributed by atoms with van der Waals surface area (Å²) in [5, 5.41) is 9.74. The van der Waals surface area contributed by atoms with E-state index in [0.717, 1.165) is 5.56 Å².